The van der Waals surface area contributed by atoms with Crippen molar-refractivity contribution < 1.29 is 14.0 Å². The topological polar surface area (TPSA) is 80.4 Å². The second-order valence-electron chi connectivity index (χ2n) is 9.62. The summed E-state index contributed by atoms with van der Waals surface area (Å²) in [5.74, 6) is 1.10. The van der Waals surface area contributed by atoms with Crippen LogP contribution >= 0.6 is 0 Å². The molecule has 2 aliphatic rings. The molecule has 2 amide bonds. The minimum absolute atomic E-state index is 0.107. The first-order valence-corrected chi connectivity index (χ1v) is 11.7. The molecule has 0 radical (unpaired) electrons. The SMILES string of the molecule is CC1CCC(NC(=O)[C@]2(C)Cn3c(ccc3-c3ccco3)C(=O)N2Cc2cccnc2)CC1. The third kappa shape index (κ3) is 3.96. The van der Waals surface area contributed by atoms with Crippen LogP contribution in [0.4, 0.5) is 0 Å². The predicted octanol–water partition coefficient (Wildman–Crippen LogP) is 4.25. The van der Waals surface area contributed by atoms with Crippen molar-refractivity contribution in [3.05, 3.63) is 66.3 Å². The third-order valence-corrected chi connectivity index (χ3v) is 7.18. The van der Waals surface area contributed by atoms with Gasteiger partial charge in [0.2, 0.25) is 5.91 Å². The van der Waals surface area contributed by atoms with Gasteiger partial charge in [-0.1, -0.05) is 13.0 Å². The minimum atomic E-state index is -1.05. The van der Waals surface area contributed by atoms with E-state index in [4.69, 9.17) is 4.42 Å². The molecule has 3 aromatic heterocycles. The monoisotopic (exact) mass is 446 g/mol. The van der Waals surface area contributed by atoms with Crippen LogP contribution < -0.4 is 5.32 Å². The molecular weight excluding hydrogens is 416 g/mol. The van der Waals surface area contributed by atoms with Gasteiger partial charge in [-0.15, -0.1) is 0 Å². The van der Waals surface area contributed by atoms with Crippen molar-refractivity contribution in [2.45, 2.75) is 64.2 Å². The lowest BCUT2D eigenvalue weighted by molar-refractivity contribution is -0.134. The Morgan fingerprint density at radius 2 is 1.94 bits per heavy atom. The summed E-state index contributed by atoms with van der Waals surface area (Å²) in [6, 6.07) is 11.3. The van der Waals surface area contributed by atoms with Crippen molar-refractivity contribution in [1.29, 1.82) is 0 Å². The number of nitrogens with one attached hydrogen (secondary N) is 1. The van der Waals surface area contributed by atoms with Crippen LogP contribution in [0.5, 0.6) is 0 Å². The van der Waals surface area contributed by atoms with Crippen molar-refractivity contribution in [2.24, 2.45) is 5.92 Å². The van der Waals surface area contributed by atoms with E-state index in [-0.39, 0.29) is 17.9 Å². The Morgan fingerprint density at radius 1 is 1.15 bits per heavy atom. The van der Waals surface area contributed by atoms with Gasteiger partial charge in [0.05, 0.1) is 18.5 Å². The number of hydrogen-bond donors (Lipinski definition) is 1. The number of fused-ring (bicyclic) bond motifs is 1. The number of hydrogen-bond acceptors (Lipinski definition) is 4. The van der Waals surface area contributed by atoms with E-state index in [0.29, 0.717) is 30.5 Å². The lowest BCUT2D eigenvalue weighted by Crippen LogP contribution is -2.64. The normalized spacial score (nSPS) is 25.0. The number of carbonyl (C=O) groups is 2. The Hall–Kier alpha value is -3.35. The fourth-order valence-corrected chi connectivity index (χ4v) is 5.08. The van der Waals surface area contributed by atoms with Gasteiger partial charge in [-0.25, -0.2) is 0 Å². The smallest absolute Gasteiger partial charge is 0.271 e. The summed E-state index contributed by atoms with van der Waals surface area (Å²) >= 11 is 0. The average molecular weight is 447 g/mol. The molecule has 0 aromatic carbocycles. The van der Waals surface area contributed by atoms with Crippen LogP contribution in [-0.2, 0) is 17.9 Å². The molecule has 0 spiro atoms. The third-order valence-electron chi connectivity index (χ3n) is 7.18. The number of amides is 2. The molecule has 0 saturated heterocycles. The van der Waals surface area contributed by atoms with E-state index in [0.717, 1.165) is 36.9 Å². The maximum Gasteiger partial charge on any atom is 0.271 e. The number of rotatable bonds is 5. The van der Waals surface area contributed by atoms with Crippen LogP contribution in [0.1, 0.15) is 55.6 Å². The maximum atomic E-state index is 13.8. The Morgan fingerprint density at radius 3 is 2.64 bits per heavy atom. The molecule has 1 fully saturated rings. The fourth-order valence-electron chi connectivity index (χ4n) is 5.08. The van der Waals surface area contributed by atoms with Crippen molar-refractivity contribution in [1.82, 2.24) is 19.8 Å². The standard InChI is InChI=1S/C26H30N4O3/c1-18-7-9-20(10-8-18)28-25(32)26(2)17-29-21(23-6-4-14-33-23)11-12-22(29)24(31)30(26)16-19-5-3-13-27-15-19/h3-6,11-15,18,20H,7-10,16-17H2,1-2H3,(H,28,32)/t18?,20?,26-/m0/s1. The lowest BCUT2D eigenvalue weighted by Gasteiger charge is -2.45. The van der Waals surface area contributed by atoms with Crippen LogP contribution in [0.2, 0.25) is 0 Å². The van der Waals surface area contributed by atoms with Gasteiger partial charge in [0, 0.05) is 25.0 Å². The van der Waals surface area contributed by atoms with E-state index in [1.165, 1.54) is 0 Å². The molecule has 1 atom stereocenters. The molecule has 1 N–H and O–H groups in total. The zero-order valence-corrected chi connectivity index (χ0v) is 19.2. The van der Waals surface area contributed by atoms with E-state index in [2.05, 4.69) is 17.2 Å². The molecule has 1 aliphatic heterocycles. The summed E-state index contributed by atoms with van der Waals surface area (Å²) in [4.78, 5) is 33.4. The summed E-state index contributed by atoms with van der Waals surface area (Å²) in [6.45, 7) is 4.81. The fraction of sp³-hybridized carbons (Fsp3) is 0.423. The van der Waals surface area contributed by atoms with Crippen LogP contribution in [0.15, 0.2) is 59.5 Å². The molecule has 3 aromatic rings. The number of furan rings is 1. The Balaban J connectivity index is 1.50. The number of carbonyl (C=O) groups excluding carboxylic acids is 2. The maximum absolute atomic E-state index is 13.8. The molecule has 4 heterocycles. The van der Waals surface area contributed by atoms with Crippen LogP contribution in [0, 0.1) is 5.92 Å². The Labute approximate surface area is 193 Å². The van der Waals surface area contributed by atoms with Crippen molar-refractivity contribution in [3.8, 4) is 11.5 Å². The van der Waals surface area contributed by atoms with Crippen molar-refractivity contribution in [2.75, 3.05) is 0 Å². The molecule has 7 heteroatoms. The van der Waals surface area contributed by atoms with Gasteiger partial charge in [-0.2, -0.15) is 0 Å². The summed E-state index contributed by atoms with van der Waals surface area (Å²) in [5, 5.41) is 3.28. The van der Waals surface area contributed by atoms with Crippen molar-refractivity contribution >= 4 is 11.8 Å². The first-order chi connectivity index (χ1) is 16.0. The molecule has 33 heavy (non-hydrogen) atoms. The highest BCUT2D eigenvalue weighted by atomic mass is 16.3. The van der Waals surface area contributed by atoms with Crippen molar-refractivity contribution in [3.63, 3.8) is 0 Å². The molecule has 1 aliphatic carbocycles. The lowest BCUT2D eigenvalue weighted by atomic mass is 9.86. The van der Waals surface area contributed by atoms with Crippen LogP contribution in [0.25, 0.3) is 11.5 Å². The van der Waals surface area contributed by atoms with Gasteiger partial charge < -0.3 is 19.2 Å². The number of pyridine rings is 1. The first kappa shape index (κ1) is 21.5. The largest absolute Gasteiger partial charge is 0.463 e. The Bertz CT molecular complexity index is 1130. The molecule has 0 unspecified atom stereocenters. The van der Waals surface area contributed by atoms with Gasteiger partial charge in [-0.3, -0.25) is 14.6 Å². The van der Waals surface area contributed by atoms with E-state index < -0.39 is 5.54 Å². The summed E-state index contributed by atoms with van der Waals surface area (Å²) in [6.07, 6.45) is 9.26. The summed E-state index contributed by atoms with van der Waals surface area (Å²) < 4.78 is 7.53. The molecule has 5 rings (SSSR count). The zero-order valence-electron chi connectivity index (χ0n) is 19.2. The zero-order chi connectivity index (χ0) is 23.0. The molecular formula is C26H30N4O3. The molecule has 172 valence electrons. The molecule has 7 nitrogen and oxygen atoms in total. The highest BCUT2D eigenvalue weighted by Crippen LogP contribution is 2.35. The quantitative estimate of drug-likeness (QED) is 0.635. The van der Waals surface area contributed by atoms with Gasteiger partial charge >= 0.3 is 0 Å². The van der Waals surface area contributed by atoms with E-state index in [1.54, 1.807) is 23.6 Å². The summed E-state index contributed by atoms with van der Waals surface area (Å²) in [5.41, 5.74) is 1.20. The summed E-state index contributed by atoms with van der Waals surface area (Å²) in [7, 11) is 0. The first-order valence-electron chi connectivity index (χ1n) is 11.7. The Kier molecular flexibility index (Phi) is 5.56. The van der Waals surface area contributed by atoms with E-state index in [9.17, 15) is 9.59 Å². The van der Waals surface area contributed by atoms with Gasteiger partial charge in [0.1, 0.15) is 17.0 Å². The van der Waals surface area contributed by atoms with Crippen LogP contribution in [0.3, 0.4) is 0 Å². The number of aromatic nitrogens is 2. The second-order valence-corrected chi connectivity index (χ2v) is 9.62. The van der Waals surface area contributed by atoms with E-state index in [1.807, 2.05) is 47.9 Å². The highest BCUT2D eigenvalue weighted by Gasteiger charge is 2.48. The van der Waals surface area contributed by atoms with Crippen LogP contribution in [-0.4, -0.2) is 37.8 Å². The van der Waals surface area contributed by atoms with E-state index >= 15 is 0 Å². The predicted molar refractivity (Wildman–Crippen MR) is 124 cm³/mol. The second kappa shape index (κ2) is 8.54. The van der Waals surface area contributed by atoms with Gasteiger partial charge in [0.15, 0.2) is 0 Å². The molecule has 1 saturated carbocycles. The number of nitrogens with zero attached hydrogens (tertiary/aromatic N) is 3. The minimum Gasteiger partial charge on any atom is -0.463 e. The molecule has 0 bridgehead atoms. The highest BCUT2D eigenvalue weighted by molar-refractivity contribution is 6.00. The van der Waals surface area contributed by atoms with Gasteiger partial charge in [0.25, 0.3) is 5.91 Å². The van der Waals surface area contributed by atoms with Gasteiger partial charge in [-0.05, 0) is 74.4 Å². The average Bonchev–Trinajstić information content (AvgIpc) is 3.49.